The molecule has 1 aromatic heterocycles. The normalized spacial score (nSPS) is 19.3. The highest BCUT2D eigenvalue weighted by atomic mass is 16.5. The number of benzene rings is 1. The Hall–Kier alpha value is -1.97. The number of carbonyl (C=O) groups excluding carboxylic acids is 1. The molecular formula is C16H19NO3. The van der Waals surface area contributed by atoms with Gasteiger partial charge in [0.2, 0.25) is 0 Å². The van der Waals surface area contributed by atoms with Crippen LogP contribution in [0.1, 0.15) is 30.3 Å². The van der Waals surface area contributed by atoms with Crippen LogP contribution in [-0.4, -0.2) is 31.0 Å². The molecule has 1 aliphatic heterocycles. The highest BCUT2D eigenvalue weighted by Crippen LogP contribution is 2.29. The first-order valence-electron chi connectivity index (χ1n) is 7.05. The van der Waals surface area contributed by atoms with Gasteiger partial charge in [0.05, 0.1) is 7.11 Å². The third-order valence-corrected chi connectivity index (χ3v) is 3.88. The minimum atomic E-state index is -0.0187. The Labute approximate surface area is 118 Å². The number of ether oxygens (including phenoxy) is 1. The van der Waals surface area contributed by atoms with Crippen LogP contribution in [0.3, 0.4) is 0 Å². The van der Waals surface area contributed by atoms with Gasteiger partial charge in [-0.3, -0.25) is 4.79 Å². The largest absolute Gasteiger partial charge is 0.493 e. The Balaban J connectivity index is 1.92. The molecule has 4 nitrogen and oxygen atoms in total. The van der Waals surface area contributed by atoms with Crippen molar-refractivity contribution in [2.75, 3.05) is 20.2 Å². The maximum absolute atomic E-state index is 12.5. The van der Waals surface area contributed by atoms with Crippen molar-refractivity contribution in [2.24, 2.45) is 5.92 Å². The fraction of sp³-hybridized carbons (Fsp3) is 0.438. The monoisotopic (exact) mass is 273 g/mol. The van der Waals surface area contributed by atoms with E-state index >= 15 is 0 Å². The molecule has 2 aromatic rings. The molecule has 0 saturated carbocycles. The molecule has 0 bridgehead atoms. The Morgan fingerprint density at radius 2 is 2.30 bits per heavy atom. The van der Waals surface area contributed by atoms with Gasteiger partial charge >= 0.3 is 0 Å². The number of rotatable bonds is 2. The summed E-state index contributed by atoms with van der Waals surface area (Å²) in [7, 11) is 1.60. The number of methoxy groups -OCH3 is 1. The van der Waals surface area contributed by atoms with Crippen molar-refractivity contribution in [1.29, 1.82) is 0 Å². The SMILES string of the molecule is COc1cccc2cc(C(=O)N3CCC[C@H](C)C3)oc12. The number of carbonyl (C=O) groups is 1. The van der Waals surface area contributed by atoms with E-state index in [4.69, 9.17) is 9.15 Å². The zero-order chi connectivity index (χ0) is 14.1. The lowest BCUT2D eigenvalue weighted by Crippen LogP contribution is -2.38. The van der Waals surface area contributed by atoms with E-state index < -0.39 is 0 Å². The summed E-state index contributed by atoms with van der Waals surface area (Å²) in [4.78, 5) is 14.4. The second-order valence-corrected chi connectivity index (χ2v) is 5.49. The molecule has 1 atom stereocenters. The summed E-state index contributed by atoms with van der Waals surface area (Å²) in [5, 5.41) is 0.901. The van der Waals surface area contributed by atoms with Gasteiger partial charge < -0.3 is 14.1 Å². The van der Waals surface area contributed by atoms with Crippen molar-refractivity contribution >= 4 is 16.9 Å². The molecule has 3 rings (SSSR count). The number of hydrogen-bond donors (Lipinski definition) is 0. The molecular weight excluding hydrogens is 254 g/mol. The van der Waals surface area contributed by atoms with Crippen LogP contribution in [0.4, 0.5) is 0 Å². The topological polar surface area (TPSA) is 42.7 Å². The Bertz CT molecular complexity index is 632. The van der Waals surface area contributed by atoms with Crippen molar-refractivity contribution in [3.63, 3.8) is 0 Å². The van der Waals surface area contributed by atoms with Gasteiger partial charge in [0.15, 0.2) is 17.1 Å². The molecule has 1 aromatic carbocycles. The Morgan fingerprint density at radius 1 is 1.45 bits per heavy atom. The van der Waals surface area contributed by atoms with E-state index in [1.807, 2.05) is 23.1 Å². The summed E-state index contributed by atoms with van der Waals surface area (Å²) in [6.07, 6.45) is 2.26. The zero-order valence-corrected chi connectivity index (χ0v) is 11.9. The number of hydrogen-bond acceptors (Lipinski definition) is 3. The number of fused-ring (bicyclic) bond motifs is 1. The molecule has 1 saturated heterocycles. The van der Waals surface area contributed by atoms with Gasteiger partial charge in [0, 0.05) is 18.5 Å². The number of piperidine rings is 1. The van der Waals surface area contributed by atoms with E-state index in [9.17, 15) is 4.79 Å². The number of nitrogens with zero attached hydrogens (tertiary/aromatic N) is 1. The first kappa shape index (κ1) is 13.0. The van der Waals surface area contributed by atoms with Crippen LogP contribution >= 0.6 is 0 Å². The first-order chi connectivity index (χ1) is 9.69. The van der Waals surface area contributed by atoms with Crippen LogP contribution in [0.15, 0.2) is 28.7 Å². The lowest BCUT2D eigenvalue weighted by Gasteiger charge is -2.30. The van der Waals surface area contributed by atoms with E-state index in [1.165, 1.54) is 6.42 Å². The quantitative estimate of drug-likeness (QED) is 0.843. The number of para-hydroxylation sites is 1. The second-order valence-electron chi connectivity index (χ2n) is 5.49. The highest BCUT2D eigenvalue weighted by molar-refractivity contribution is 5.97. The summed E-state index contributed by atoms with van der Waals surface area (Å²) in [5.74, 6) is 1.61. The zero-order valence-electron chi connectivity index (χ0n) is 11.9. The number of furan rings is 1. The summed E-state index contributed by atoms with van der Waals surface area (Å²) in [5.41, 5.74) is 0.642. The van der Waals surface area contributed by atoms with Crippen molar-refractivity contribution < 1.29 is 13.9 Å². The molecule has 0 radical (unpaired) electrons. The summed E-state index contributed by atoms with van der Waals surface area (Å²) in [6.45, 7) is 3.81. The van der Waals surface area contributed by atoms with E-state index in [0.29, 0.717) is 23.0 Å². The lowest BCUT2D eigenvalue weighted by atomic mass is 10.0. The Kier molecular flexibility index (Phi) is 3.38. The average Bonchev–Trinajstić information content (AvgIpc) is 2.90. The van der Waals surface area contributed by atoms with E-state index in [2.05, 4.69) is 6.92 Å². The van der Waals surface area contributed by atoms with Gasteiger partial charge in [-0.05, 0) is 30.9 Å². The fourth-order valence-corrected chi connectivity index (χ4v) is 2.83. The minimum absolute atomic E-state index is 0.0187. The van der Waals surface area contributed by atoms with Crippen molar-refractivity contribution in [2.45, 2.75) is 19.8 Å². The van der Waals surface area contributed by atoms with E-state index in [0.717, 1.165) is 24.9 Å². The predicted octanol–water partition coefficient (Wildman–Crippen LogP) is 3.31. The van der Waals surface area contributed by atoms with Crippen LogP contribution in [0.5, 0.6) is 5.75 Å². The molecule has 1 fully saturated rings. The molecule has 1 aliphatic rings. The van der Waals surface area contributed by atoms with Crippen molar-refractivity contribution in [1.82, 2.24) is 4.90 Å². The van der Waals surface area contributed by atoms with Crippen molar-refractivity contribution in [3.05, 3.63) is 30.0 Å². The lowest BCUT2D eigenvalue weighted by molar-refractivity contribution is 0.0653. The summed E-state index contributed by atoms with van der Waals surface area (Å²) in [6, 6.07) is 7.47. The van der Waals surface area contributed by atoms with E-state index in [-0.39, 0.29) is 5.91 Å². The van der Waals surface area contributed by atoms with Crippen molar-refractivity contribution in [3.8, 4) is 5.75 Å². The maximum atomic E-state index is 12.5. The first-order valence-corrected chi connectivity index (χ1v) is 7.05. The third-order valence-electron chi connectivity index (χ3n) is 3.88. The molecule has 2 heterocycles. The van der Waals surface area contributed by atoms with Crippen LogP contribution in [0.25, 0.3) is 11.0 Å². The fourth-order valence-electron chi connectivity index (χ4n) is 2.83. The van der Waals surface area contributed by atoms with Gasteiger partial charge in [-0.1, -0.05) is 19.1 Å². The molecule has 1 amide bonds. The second kappa shape index (κ2) is 5.19. The third kappa shape index (κ3) is 2.26. The van der Waals surface area contributed by atoms with Crippen LogP contribution in [0, 0.1) is 5.92 Å². The maximum Gasteiger partial charge on any atom is 0.289 e. The van der Waals surface area contributed by atoms with Gasteiger partial charge in [-0.2, -0.15) is 0 Å². The van der Waals surface area contributed by atoms with Crippen LogP contribution < -0.4 is 4.74 Å². The van der Waals surface area contributed by atoms with Gasteiger partial charge in [0.1, 0.15) is 0 Å². The molecule has 4 heteroatoms. The Morgan fingerprint density at radius 3 is 3.05 bits per heavy atom. The van der Waals surface area contributed by atoms with E-state index in [1.54, 1.807) is 13.2 Å². The predicted molar refractivity (Wildman–Crippen MR) is 77.1 cm³/mol. The molecule has 0 N–H and O–H groups in total. The molecule has 0 spiro atoms. The summed E-state index contributed by atoms with van der Waals surface area (Å²) >= 11 is 0. The number of likely N-dealkylation sites (tertiary alicyclic amines) is 1. The van der Waals surface area contributed by atoms with Gasteiger partial charge in [0.25, 0.3) is 5.91 Å². The minimum Gasteiger partial charge on any atom is -0.493 e. The highest BCUT2D eigenvalue weighted by Gasteiger charge is 2.25. The van der Waals surface area contributed by atoms with Crippen LogP contribution in [0.2, 0.25) is 0 Å². The van der Waals surface area contributed by atoms with Gasteiger partial charge in [-0.25, -0.2) is 0 Å². The standard InChI is InChI=1S/C16H19NO3/c1-11-5-4-8-17(10-11)16(18)14-9-12-6-3-7-13(19-2)15(12)20-14/h3,6-7,9,11H,4-5,8,10H2,1-2H3/t11-/m0/s1. The summed E-state index contributed by atoms with van der Waals surface area (Å²) < 4.78 is 11.0. The van der Waals surface area contributed by atoms with Crippen LogP contribution in [-0.2, 0) is 0 Å². The average molecular weight is 273 g/mol. The molecule has 0 unspecified atom stereocenters. The molecule has 106 valence electrons. The van der Waals surface area contributed by atoms with Gasteiger partial charge in [-0.15, -0.1) is 0 Å². The molecule has 20 heavy (non-hydrogen) atoms. The molecule has 0 aliphatic carbocycles. The number of amides is 1. The smallest absolute Gasteiger partial charge is 0.289 e.